The quantitative estimate of drug-likeness (QED) is 0.617. The third-order valence-electron chi connectivity index (χ3n) is 1.40. The van der Waals surface area contributed by atoms with Crippen molar-refractivity contribution in [2.45, 2.75) is 33.6 Å². The zero-order chi connectivity index (χ0) is 8.69. The van der Waals surface area contributed by atoms with E-state index in [2.05, 4.69) is 26.8 Å². The number of nitrogens with two attached hydrogens (primary N) is 1. The average molecular weight is 153 g/mol. The Labute approximate surface area is 70.0 Å². The molecule has 0 aliphatic rings. The maximum atomic E-state index is 5.31. The molecule has 0 saturated carbocycles. The van der Waals surface area contributed by atoms with Gasteiger partial charge in [0, 0.05) is 0 Å². The lowest BCUT2D eigenvalue weighted by Gasteiger charge is -2.01. The van der Waals surface area contributed by atoms with Gasteiger partial charge in [0.05, 0.1) is 0 Å². The molecule has 0 saturated heterocycles. The first kappa shape index (κ1) is 10.3. The Morgan fingerprint density at radius 1 is 1.45 bits per heavy atom. The number of rotatable bonds is 4. The fraction of sp³-hybridized carbons (Fsp3) is 0.600. The monoisotopic (exact) mass is 153 g/mol. The predicted octanol–water partition coefficient (Wildman–Crippen LogP) is 2.84. The van der Waals surface area contributed by atoms with Crippen LogP contribution in [0.3, 0.4) is 0 Å². The Bertz CT molecular complexity index is 143. The highest BCUT2D eigenvalue weighted by Gasteiger charge is 1.92. The topological polar surface area (TPSA) is 26.0 Å². The van der Waals surface area contributed by atoms with Gasteiger partial charge in [-0.25, -0.2) is 0 Å². The molecular formula is C10H19N. The van der Waals surface area contributed by atoms with Crippen molar-refractivity contribution in [3.63, 3.8) is 0 Å². The molecule has 0 radical (unpaired) electrons. The highest BCUT2D eigenvalue weighted by molar-refractivity contribution is 5.18. The van der Waals surface area contributed by atoms with Crippen LogP contribution < -0.4 is 5.73 Å². The molecule has 11 heavy (non-hydrogen) atoms. The summed E-state index contributed by atoms with van der Waals surface area (Å²) in [6, 6.07) is 0. The van der Waals surface area contributed by atoms with Crippen molar-refractivity contribution in [2.75, 3.05) is 0 Å². The lowest BCUT2D eigenvalue weighted by molar-refractivity contribution is 0.807. The first-order chi connectivity index (χ1) is 5.20. The van der Waals surface area contributed by atoms with Crippen LogP contribution in [0.15, 0.2) is 23.9 Å². The Balaban J connectivity index is 4.08. The van der Waals surface area contributed by atoms with E-state index in [0.717, 1.165) is 6.42 Å². The second-order valence-electron chi connectivity index (χ2n) is 3.09. The van der Waals surface area contributed by atoms with Crippen LogP contribution in [0, 0.1) is 5.92 Å². The van der Waals surface area contributed by atoms with E-state index in [9.17, 15) is 0 Å². The fourth-order valence-electron chi connectivity index (χ4n) is 1.06. The molecule has 0 amide bonds. The van der Waals surface area contributed by atoms with Crippen molar-refractivity contribution < 1.29 is 0 Å². The molecule has 2 N–H and O–H groups in total. The smallest absolute Gasteiger partial charge is 0.00597 e. The molecular weight excluding hydrogens is 134 g/mol. The normalized spacial score (nSPS) is 13.3. The van der Waals surface area contributed by atoms with Crippen molar-refractivity contribution >= 4 is 0 Å². The standard InChI is InChI=1S/C10H19N/c1-4-5-10(6-7-11)8-9(2)3/h6-9H,4-5,11H2,1-3H3/b7-6-,10-8-. The van der Waals surface area contributed by atoms with Gasteiger partial charge in [-0.1, -0.05) is 38.8 Å². The number of hydrogen-bond donors (Lipinski definition) is 1. The summed E-state index contributed by atoms with van der Waals surface area (Å²) in [4.78, 5) is 0. The molecule has 0 aliphatic carbocycles. The molecule has 0 aromatic heterocycles. The van der Waals surface area contributed by atoms with Crippen LogP contribution >= 0.6 is 0 Å². The Kier molecular flexibility index (Phi) is 5.63. The molecule has 0 aliphatic heterocycles. The maximum Gasteiger partial charge on any atom is -0.00597 e. The third kappa shape index (κ3) is 5.71. The van der Waals surface area contributed by atoms with Crippen molar-refractivity contribution in [3.8, 4) is 0 Å². The fourth-order valence-corrected chi connectivity index (χ4v) is 1.06. The van der Waals surface area contributed by atoms with E-state index in [0.29, 0.717) is 5.92 Å². The van der Waals surface area contributed by atoms with E-state index < -0.39 is 0 Å². The van der Waals surface area contributed by atoms with Gasteiger partial charge in [-0.3, -0.25) is 0 Å². The highest BCUT2D eigenvalue weighted by atomic mass is 14.5. The average Bonchev–Trinajstić information content (AvgIpc) is 1.87. The van der Waals surface area contributed by atoms with Crippen molar-refractivity contribution in [2.24, 2.45) is 11.7 Å². The molecule has 0 spiro atoms. The third-order valence-corrected chi connectivity index (χ3v) is 1.40. The number of allylic oxidation sites excluding steroid dienone is 3. The van der Waals surface area contributed by atoms with Gasteiger partial charge in [-0.2, -0.15) is 0 Å². The van der Waals surface area contributed by atoms with Gasteiger partial charge in [0.15, 0.2) is 0 Å². The summed E-state index contributed by atoms with van der Waals surface area (Å²) < 4.78 is 0. The van der Waals surface area contributed by atoms with Crippen LogP contribution in [-0.4, -0.2) is 0 Å². The minimum atomic E-state index is 0.618. The Morgan fingerprint density at radius 3 is 2.45 bits per heavy atom. The van der Waals surface area contributed by atoms with Gasteiger partial charge >= 0.3 is 0 Å². The molecule has 0 fully saturated rings. The minimum absolute atomic E-state index is 0.618. The van der Waals surface area contributed by atoms with E-state index >= 15 is 0 Å². The molecule has 0 bridgehead atoms. The predicted molar refractivity (Wildman–Crippen MR) is 51.2 cm³/mol. The van der Waals surface area contributed by atoms with E-state index in [1.807, 2.05) is 6.08 Å². The largest absolute Gasteiger partial charge is 0.405 e. The van der Waals surface area contributed by atoms with Crippen molar-refractivity contribution in [1.29, 1.82) is 0 Å². The minimum Gasteiger partial charge on any atom is -0.405 e. The summed E-state index contributed by atoms with van der Waals surface area (Å²) in [6.45, 7) is 6.54. The molecule has 64 valence electrons. The maximum absolute atomic E-state index is 5.31. The van der Waals surface area contributed by atoms with Crippen LogP contribution in [0.2, 0.25) is 0 Å². The first-order valence-corrected chi connectivity index (χ1v) is 4.29. The molecule has 0 rings (SSSR count). The summed E-state index contributed by atoms with van der Waals surface area (Å²) in [6.07, 6.45) is 8.18. The van der Waals surface area contributed by atoms with Crippen molar-refractivity contribution in [3.05, 3.63) is 23.9 Å². The van der Waals surface area contributed by atoms with Gasteiger partial charge < -0.3 is 5.73 Å². The van der Waals surface area contributed by atoms with E-state index in [1.54, 1.807) is 6.20 Å². The van der Waals surface area contributed by atoms with Crippen LogP contribution in [0.5, 0.6) is 0 Å². The highest BCUT2D eigenvalue weighted by Crippen LogP contribution is 2.09. The summed E-state index contributed by atoms with van der Waals surface area (Å²) in [5.41, 5.74) is 6.67. The molecule has 1 heteroatoms. The zero-order valence-corrected chi connectivity index (χ0v) is 7.80. The van der Waals surface area contributed by atoms with Crippen molar-refractivity contribution in [1.82, 2.24) is 0 Å². The second-order valence-corrected chi connectivity index (χ2v) is 3.09. The van der Waals surface area contributed by atoms with E-state index in [4.69, 9.17) is 5.73 Å². The summed E-state index contributed by atoms with van der Waals surface area (Å²) in [5.74, 6) is 0.618. The number of hydrogen-bond acceptors (Lipinski definition) is 1. The lowest BCUT2D eigenvalue weighted by atomic mass is 10.1. The molecule has 0 aromatic carbocycles. The summed E-state index contributed by atoms with van der Waals surface area (Å²) in [7, 11) is 0. The second kappa shape index (κ2) is 6.02. The van der Waals surface area contributed by atoms with Crippen LogP contribution in [0.25, 0.3) is 0 Å². The molecule has 1 nitrogen and oxygen atoms in total. The SMILES string of the molecule is CCCC(/C=C\N)=C/C(C)C. The van der Waals surface area contributed by atoms with Crippen LogP contribution in [0.1, 0.15) is 33.6 Å². The summed E-state index contributed by atoms with van der Waals surface area (Å²) >= 11 is 0. The molecule has 0 unspecified atom stereocenters. The first-order valence-electron chi connectivity index (χ1n) is 4.29. The van der Waals surface area contributed by atoms with Gasteiger partial charge in [0.2, 0.25) is 0 Å². The van der Waals surface area contributed by atoms with E-state index in [1.165, 1.54) is 12.0 Å². The molecule has 0 atom stereocenters. The molecule has 0 heterocycles. The van der Waals surface area contributed by atoms with Gasteiger partial charge in [0.25, 0.3) is 0 Å². The van der Waals surface area contributed by atoms with Crippen LogP contribution in [-0.2, 0) is 0 Å². The Hall–Kier alpha value is -0.720. The van der Waals surface area contributed by atoms with Gasteiger partial charge in [-0.15, -0.1) is 0 Å². The lowest BCUT2D eigenvalue weighted by Crippen LogP contribution is -1.86. The van der Waals surface area contributed by atoms with Gasteiger partial charge in [0.1, 0.15) is 0 Å². The summed E-state index contributed by atoms with van der Waals surface area (Å²) in [5, 5.41) is 0. The van der Waals surface area contributed by atoms with Crippen LogP contribution in [0.4, 0.5) is 0 Å². The van der Waals surface area contributed by atoms with Gasteiger partial charge in [-0.05, 0) is 24.6 Å². The Morgan fingerprint density at radius 2 is 2.09 bits per heavy atom. The molecule has 0 aromatic rings. The van der Waals surface area contributed by atoms with E-state index in [-0.39, 0.29) is 0 Å². The zero-order valence-electron chi connectivity index (χ0n) is 7.80.